The average molecular weight is 292 g/mol. The number of β-amino-alcohol motifs (C(OH)–C–C–N with tert-alkyl or cyclic N) is 1. The number of carboxylic acid groups (broad SMARTS) is 1. The van der Waals surface area contributed by atoms with Crippen molar-refractivity contribution in [2.75, 3.05) is 19.3 Å². The zero-order valence-corrected chi connectivity index (χ0v) is 11.9. The number of carboxylic acids is 1. The zero-order chi connectivity index (χ0) is 14.6. The molecule has 1 fully saturated rings. The number of aliphatic hydroxyl groups excluding tert-OH is 1. The van der Waals surface area contributed by atoms with Gasteiger partial charge in [0.1, 0.15) is 6.04 Å². The Labute approximate surface area is 114 Å². The fourth-order valence-corrected chi connectivity index (χ4v) is 2.37. The largest absolute Gasteiger partial charge is 0.480 e. The van der Waals surface area contributed by atoms with Gasteiger partial charge in [0.05, 0.1) is 6.10 Å². The minimum atomic E-state index is -1.12. The summed E-state index contributed by atoms with van der Waals surface area (Å²) in [5, 5.41) is 21.0. The van der Waals surface area contributed by atoms with Gasteiger partial charge in [-0.25, -0.2) is 9.59 Å². The van der Waals surface area contributed by atoms with Gasteiger partial charge in [-0.1, -0.05) is 6.92 Å². The summed E-state index contributed by atoms with van der Waals surface area (Å²) in [6, 6.07) is -1.48. The van der Waals surface area contributed by atoms with Crippen molar-refractivity contribution >= 4 is 22.8 Å². The molecule has 1 aliphatic rings. The molecule has 0 spiro atoms. The van der Waals surface area contributed by atoms with Gasteiger partial charge in [0.25, 0.3) is 0 Å². The Hall–Kier alpha value is -1.15. The van der Waals surface area contributed by atoms with Crippen LogP contribution in [-0.4, -0.2) is 68.1 Å². The number of hydrogen-bond donors (Lipinski definition) is 3. The van der Waals surface area contributed by atoms with Crippen LogP contribution in [0.15, 0.2) is 0 Å². The van der Waals surface area contributed by atoms with Gasteiger partial charge in [-0.05, 0) is 6.42 Å². The SMILES string of the molecule is CC(CCNC(=O)N1C[C@H](O)C[C@@H]1C(=O)O)S(C)=O. The molecule has 0 aromatic carbocycles. The van der Waals surface area contributed by atoms with Crippen molar-refractivity contribution in [2.24, 2.45) is 0 Å². The molecule has 2 unspecified atom stereocenters. The third-order valence-corrected chi connectivity index (χ3v) is 4.59. The highest BCUT2D eigenvalue weighted by molar-refractivity contribution is 7.84. The van der Waals surface area contributed by atoms with E-state index in [0.29, 0.717) is 13.0 Å². The van der Waals surface area contributed by atoms with E-state index in [0.717, 1.165) is 4.90 Å². The van der Waals surface area contributed by atoms with Crippen LogP contribution in [0.1, 0.15) is 19.8 Å². The number of amides is 2. The van der Waals surface area contributed by atoms with Crippen LogP contribution < -0.4 is 5.32 Å². The van der Waals surface area contributed by atoms with E-state index in [4.69, 9.17) is 5.11 Å². The van der Waals surface area contributed by atoms with Crippen LogP contribution in [0.3, 0.4) is 0 Å². The average Bonchev–Trinajstić information content (AvgIpc) is 2.71. The first kappa shape index (κ1) is 15.9. The molecule has 1 rings (SSSR count). The highest BCUT2D eigenvalue weighted by atomic mass is 32.2. The molecule has 4 atom stereocenters. The van der Waals surface area contributed by atoms with Crippen LogP contribution in [-0.2, 0) is 15.6 Å². The van der Waals surface area contributed by atoms with Crippen molar-refractivity contribution in [1.82, 2.24) is 10.2 Å². The van der Waals surface area contributed by atoms with Gasteiger partial charge in [-0.15, -0.1) is 0 Å². The predicted octanol–water partition coefficient (Wildman–Crippen LogP) is -0.627. The standard InChI is InChI=1S/C11H20N2O5S/c1-7(19(2)18)3-4-12-11(17)13-6-8(14)5-9(13)10(15)16/h7-9,14H,3-6H2,1-2H3,(H,12,17)(H,15,16)/t7?,8-,9-,19?/m1/s1. The number of hydrogen-bond acceptors (Lipinski definition) is 4. The molecule has 1 aliphatic heterocycles. The molecule has 1 saturated heterocycles. The maximum Gasteiger partial charge on any atom is 0.326 e. The zero-order valence-electron chi connectivity index (χ0n) is 11.0. The first-order chi connectivity index (χ1) is 8.82. The number of likely N-dealkylation sites (tertiary alicyclic amines) is 1. The molecule has 19 heavy (non-hydrogen) atoms. The third-order valence-electron chi connectivity index (χ3n) is 3.22. The summed E-state index contributed by atoms with van der Waals surface area (Å²) in [5.41, 5.74) is 0. The number of urea groups is 1. The fraction of sp³-hybridized carbons (Fsp3) is 0.818. The second-order valence-corrected chi connectivity index (χ2v) is 6.53. The van der Waals surface area contributed by atoms with Crippen LogP contribution >= 0.6 is 0 Å². The number of nitrogens with one attached hydrogen (secondary N) is 1. The van der Waals surface area contributed by atoms with Crippen molar-refractivity contribution < 1.29 is 24.0 Å². The lowest BCUT2D eigenvalue weighted by Gasteiger charge is -2.21. The molecule has 110 valence electrons. The maximum absolute atomic E-state index is 11.8. The van der Waals surface area contributed by atoms with E-state index >= 15 is 0 Å². The Morgan fingerprint density at radius 2 is 2.16 bits per heavy atom. The Morgan fingerprint density at radius 1 is 1.53 bits per heavy atom. The molecule has 3 N–H and O–H groups in total. The Balaban J connectivity index is 2.44. The molecule has 8 heteroatoms. The van der Waals surface area contributed by atoms with E-state index < -0.39 is 34.9 Å². The second kappa shape index (κ2) is 6.85. The van der Waals surface area contributed by atoms with Gasteiger partial charge in [-0.3, -0.25) is 4.21 Å². The van der Waals surface area contributed by atoms with E-state index in [1.54, 1.807) is 6.26 Å². The lowest BCUT2D eigenvalue weighted by Crippen LogP contribution is -2.46. The number of carbonyl (C=O) groups excluding carboxylic acids is 1. The summed E-state index contributed by atoms with van der Waals surface area (Å²) in [6.07, 6.45) is 1.42. The number of aliphatic hydroxyl groups is 1. The first-order valence-electron chi connectivity index (χ1n) is 6.10. The molecule has 0 radical (unpaired) electrons. The molecule has 0 aliphatic carbocycles. The monoisotopic (exact) mass is 292 g/mol. The summed E-state index contributed by atoms with van der Waals surface area (Å²) in [6.45, 7) is 2.18. The minimum absolute atomic E-state index is 0.0259. The van der Waals surface area contributed by atoms with Gasteiger partial charge in [-0.2, -0.15) is 0 Å². The molecule has 1 heterocycles. The van der Waals surface area contributed by atoms with E-state index in [1.807, 2.05) is 6.92 Å². The Bertz CT molecular complexity index is 376. The topological polar surface area (TPSA) is 107 Å². The fourth-order valence-electron chi connectivity index (χ4n) is 1.92. The number of carbonyl (C=O) groups is 2. The van der Waals surface area contributed by atoms with Gasteiger partial charge in [0.15, 0.2) is 0 Å². The lowest BCUT2D eigenvalue weighted by atomic mass is 10.2. The molecule has 0 aromatic rings. The predicted molar refractivity (Wildman–Crippen MR) is 70.3 cm³/mol. The van der Waals surface area contributed by atoms with Crippen molar-refractivity contribution in [1.29, 1.82) is 0 Å². The molecule has 0 saturated carbocycles. The van der Waals surface area contributed by atoms with Crippen molar-refractivity contribution in [2.45, 2.75) is 37.2 Å². The molecule has 0 bridgehead atoms. The minimum Gasteiger partial charge on any atom is -0.480 e. The number of nitrogens with zero attached hydrogens (tertiary/aromatic N) is 1. The molecule has 7 nitrogen and oxygen atoms in total. The Morgan fingerprint density at radius 3 is 2.68 bits per heavy atom. The van der Waals surface area contributed by atoms with E-state index in [-0.39, 0.29) is 18.2 Å². The van der Waals surface area contributed by atoms with E-state index in [9.17, 15) is 18.9 Å². The van der Waals surface area contributed by atoms with Crippen molar-refractivity contribution in [3.8, 4) is 0 Å². The number of aliphatic carboxylic acids is 1. The van der Waals surface area contributed by atoms with Gasteiger partial charge in [0, 0.05) is 41.8 Å². The first-order valence-corrected chi connectivity index (χ1v) is 7.72. The summed E-state index contributed by atoms with van der Waals surface area (Å²) < 4.78 is 11.1. The lowest BCUT2D eigenvalue weighted by molar-refractivity contribution is -0.141. The van der Waals surface area contributed by atoms with Crippen LogP contribution in [0.4, 0.5) is 4.79 Å². The maximum atomic E-state index is 11.8. The molecular formula is C11H20N2O5S. The summed E-state index contributed by atoms with van der Waals surface area (Å²) in [7, 11) is -0.946. The van der Waals surface area contributed by atoms with Gasteiger partial charge in [0.2, 0.25) is 0 Å². The molecular weight excluding hydrogens is 272 g/mol. The highest BCUT2D eigenvalue weighted by Gasteiger charge is 2.38. The van der Waals surface area contributed by atoms with Crippen molar-refractivity contribution in [3.05, 3.63) is 0 Å². The smallest absolute Gasteiger partial charge is 0.326 e. The van der Waals surface area contributed by atoms with Crippen LogP contribution in [0.2, 0.25) is 0 Å². The van der Waals surface area contributed by atoms with E-state index in [2.05, 4.69) is 5.32 Å². The van der Waals surface area contributed by atoms with Gasteiger partial charge >= 0.3 is 12.0 Å². The third kappa shape index (κ3) is 4.46. The molecule has 2 amide bonds. The summed E-state index contributed by atoms with van der Waals surface area (Å²) >= 11 is 0. The van der Waals surface area contributed by atoms with Crippen molar-refractivity contribution in [3.63, 3.8) is 0 Å². The molecule has 0 aromatic heterocycles. The van der Waals surface area contributed by atoms with Crippen LogP contribution in [0, 0.1) is 0 Å². The summed E-state index contributed by atoms with van der Waals surface area (Å²) in [5.74, 6) is -1.12. The van der Waals surface area contributed by atoms with Crippen LogP contribution in [0.25, 0.3) is 0 Å². The van der Waals surface area contributed by atoms with Gasteiger partial charge < -0.3 is 20.4 Å². The Kier molecular flexibility index (Phi) is 5.74. The second-order valence-electron chi connectivity index (χ2n) is 4.73. The number of rotatable bonds is 5. The van der Waals surface area contributed by atoms with Crippen LogP contribution in [0.5, 0.6) is 0 Å². The normalized spacial score (nSPS) is 25.9. The highest BCUT2D eigenvalue weighted by Crippen LogP contribution is 2.18. The van der Waals surface area contributed by atoms with E-state index in [1.165, 1.54) is 0 Å². The quantitative estimate of drug-likeness (QED) is 0.625. The summed E-state index contributed by atoms with van der Waals surface area (Å²) in [4.78, 5) is 23.9.